The molecule has 40 heavy (non-hydrogen) atoms. The summed E-state index contributed by atoms with van der Waals surface area (Å²) < 4.78 is 12.8. The van der Waals surface area contributed by atoms with Crippen LogP contribution >= 0.6 is 0 Å². The van der Waals surface area contributed by atoms with Crippen molar-refractivity contribution >= 4 is 11.9 Å². The SMILES string of the molecule is C=C(C)C(=O)[O][Ti]1([O]C(=O)C(=C)C)[CH]2c3ccccc3-c3cccc(c32)Cc2cccc3c2[CH]1c1ccccc1-3. The predicted molar refractivity (Wildman–Crippen MR) is 152 cm³/mol. The summed E-state index contributed by atoms with van der Waals surface area (Å²) in [6.45, 7) is 11.1. The van der Waals surface area contributed by atoms with Crippen molar-refractivity contribution in [2.75, 3.05) is 0 Å². The topological polar surface area (TPSA) is 52.6 Å². The van der Waals surface area contributed by atoms with Gasteiger partial charge in [-0.15, -0.1) is 0 Å². The summed E-state index contributed by atoms with van der Waals surface area (Å²) in [4.78, 5) is 27.4. The van der Waals surface area contributed by atoms with Crippen molar-refractivity contribution in [2.45, 2.75) is 28.7 Å². The minimum atomic E-state index is -4.78. The van der Waals surface area contributed by atoms with E-state index in [-0.39, 0.29) is 19.6 Å². The number of hydrogen-bond donors (Lipinski definition) is 0. The van der Waals surface area contributed by atoms with Crippen LogP contribution in [0.25, 0.3) is 22.3 Å². The van der Waals surface area contributed by atoms with Crippen molar-refractivity contribution < 1.29 is 33.6 Å². The van der Waals surface area contributed by atoms with Crippen molar-refractivity contribution in [1.29, 1.82) is 0 Å². The van der Waals surface area contributed by atoms with Crippen LogP contribution in [0.2, 0.25) is 0 Å². The maximum absolute atomic E-state index is 13.7. The van der Waals surface area contributed by atoms with Crippen molar-refractivity contribution in [3.8, 4) is 22.3 Å². The number of rotatable bonds is 4. The third-order valence-corrected chi connectivity index (χ3v) is 14.4. The molecule has 4 aromatic carbocycles. The number of benzene rings is 4. The van der Waals surface area contributed by atoms with E-state index < -0.39 is 29.3 Å². The zero-order valence-corrected chi connectivity index (χ0v) is 24.1. The van der Waals surface area contributed by atoms with E-state index in [1.54, 1.807) is 13.8 Å². The van der Waals surface area contributed by atoms with Crippen LogP contribution in [-0.2, 0) is 40.0 Å². The van der Waals surface area contributed by atoms with Gasteiger partial charge in [0.2, 0.25) is 0 Å². The first kappa shape index (κ1) is 25.0. The molecule has 2 aliphatic carbocycles. The molecule has 0 fully saturated rings. The van der Waals surface area contributed by atoms with E-state index in [0.29, 0.717) is 0 Å². The molecule has 0 aromatic heterocycles. The fourth-order valence-electron chi connectivity index (χ4n) is 6.91. The van der Waals surface area contributed by atoms with Gasteiger partial charge in [-0.3, -0.25) is 0 Å². The first-order valence-corrected chi connectivity index (χ1v) is 16.6. The van der Waals surface area contributed by atoms with E-state index in [1.807, 2.05) is 24.3 Å². The van der Waals surface area contributed by atoms with Crippen LogP contribution in [-0.4, -0.2) is 11.9 Å². The maximum atomic E-state index is 13.7. The average Bonchev–Trinajstić information content (AvgIpc) is 3.47. The molecule has 4 aromatic rings. The Bertz CT molecular complexity index is 1670. The second kappa shape index (κ2) is 9.02. The first-order chi connectivity index (χ1) is 19.3. The van der Waals surface area contributed by atoms with Crippen LogP contribution in [0, 0.1) is 0 Å². The normalized spacial score (nSPS) is 18.2. The molecule has 3 aliphatic rings. The Morgan fingerprint density at radius 3 is 1.45 bits per heavy atom. The predicted octanol–water partition coefficient (Wildman–Crippen LogP) is 7.65. The molecular formula is C35H28O4Ti. The second-order valence-corrected chi connectivity index (χ2v) is 15.7. The van der Waals surface area contributed by atoms with E-state index in [1.165, 1.54) is 0 Å². The molecule has 1 heterocycles. The monoisotopic (exact) mass is 560 g/mol. The van der Waals surface area contributed by atoms with Gasteiger partial charge in [0, 0.05) is 0 Å². The number of carbonyl (C=O) groups excluding carboxylic acids is 2. The van der Waals surface area contributed by atoms with E-state index in [0.717, 1.165) is 62.1 Å². The van der Waals surface area contributed by atoms with Gasteiger partial charge in [-0.25, -0.2) is 0 Å². The zero-order chi connectivity index (χ0) is 27.8. The van der Waals surface area contributed by atoms with Crippen LogP contribution in [0.15, 0.2) is 109 Å². The number of fused-ring (bicyclic) bond motifs is 6. The van der Waals surface area contributed by atoms with Crippen molar-refractivity contribution in [1.82, 2.24) is 0 Å². The van der Waals surface area contributed by atoms with Crippen LogP contribution in [0.3, 0.4) is 0 Å². The van der Waals surface area contributed by atoms with E-state index in [4.69, 9.17) is 6.64 Å². The van der Waals surface area contributed by atoms with Crippen molar-refractivity contribution in [3.63, 3.8) is 0 Å². The van der Waals surface area contributed by atoms with Crippen LogP contribution in [0.4, 0.5) is 0 Å². The summed E-state index contributed by atoms with van der Waals surface area (Å²) in [6.07, 6.45) is 0.739. The molecule has 0 spiro atoms. The molecule has 4 nitrogen and oxygen atoms in total. The summed E-state index contributed by atoms with van der Waals surface area (Å²) >= 11 is -4.78. The molecule has 0 saturated carbocycles. The number of hydrogen-bond acceptors (Lipinski definition) is 4. The van der Waals surface area contributed by atoms with Gasteiger partial charge in [0.25, 0.3) is 0 Å². The van der Waals surface area contributed by atoms with E-state index in [2.05, 4.69) is 73.8 Å². The van der Waals surface area contributed by atoms with Gasteiger partial charge in [-0.1, -0.05) is 0 Å². The standard InChI is InChI=1S/C27H18.2C4H6O2.Ti/c1-3-11-22-20(7-1)16-26-18(9-5-13-24(22)26)15-19-10-6-14-25-23-12-4-2-8-21(23)17-27(19)25;2*1-3(2)4(5)6;/h1-14,16-17H,15H2;2*1H2,2H3,(H,5,6);/q;;;+2/p-2. The Hall–Kier alpha value is -3.99. The molecule has 1 aliphatic heterocycles. The molecule has 0 saturated heterocycles. The fraction of sp³-hybridized carbons (Fsp3) is 0.143. The Morgan fingerprint density at radius 2 is 1.02 bits per heavy atom. The molecule has 196 valence electrons. The molecule has 2 unspecified atom stereocenters. The van der Waals surface area contributed by atoms with E-state index >= 15 is 0 Å². The third kappa shape index (κ3) is 3.43. The quantitative estimate of drug-likeness (QED) is 0.190. The first-order valence-electron chi connectivity index (χ1n) is 13.5. The van der Waals surface area contributed by atoms with Gasteiger partial charge in [-0.05, 0) is 0 Å². The van der Waals surface area contributed by atoms with Crippen molar-refractivity contribution in [3.05, 3.63) is 143 Å². The van der Waals surface area contributed by atoms with Gasteiger partial charge >= 0.3 is 239 Å². The molecular weight excluding hydrogens is 532 g/mol. The van der Waals surface area contributed by atoms with Crippen molar-refractivity contribution in [2.24, 2.45) is 0 Å². The third-order valence-electron chi connectivity index (χ3n) is 8.48. The fourth-order valence-corrected chi connectivity index (χ4v) is 14.1. The van der Waals surface area contributed by atoms with Crippen LogP contribution in [0.1, 0.15) is 55.7 Å². The second-order valence-electron chi connectivity index (χ2n) is 11.0. The molecule has 5 heteroatoms. The molecule has 7 rings (SSSR count). The molecule has 0 radical (unpaired) electrons. The zero-order valence-electron chi connectivity index (χ0n) is 22.5. The molecule has 2 atom stereocenters. The Morgan fingerprint density at radius 1 is 0.625 bits per heavy atom. The summed E-state index contributed by atoms with van der Waals surface area (Å²) in [5, 5.41) is 0. The summed E-state index contributed by atoms with van der Waals surface area (Å²) in [6, 6.07) is 29.3. The average molecular weight is 560 g/mol. The van der Waals surface area contributed by atoms with Crippen LogP contribution in [0.5, 0.6) is 0 Å². The van der Waals surface area contributed by atoms with Gasteiger partial charge in [0.1, 0.15) is 0 Å². The Kier molecular flexibility index (Phi) is 5.64. The summed E-state index contributed by atoms with van der Waals surface area (Å²) in [7, 11) is 0. The van der Waals surface area contributed by atoms with Gasteiger partial charge < -0.3 is 0 Å². The van der Waals surface area contributed by atoms with E-state index in [9.17, 15) is 9.59 Å². The Labute approximate surface area is 238 Å². The summed E-state index contributed by atoms with van der Waals surface area (Å²) in [5.74, 6) is -1.05. The molecule has 0 N–H and O–H groups in total. The van der Waals surface area contributed by atoms with Gasteiger partial charge in [-0.2, -0.15) is 0 Å². The minimum absolute atomic E-state index is 0.276. The summed E-state index contributed by atoms with van der Waals surface area (Å²) in [5.41, 5.74) is 11.6. The van der Waals surface area contributed by atoms with Gasteiger partial charge in [0.15, 0.2) is 0 Å². The van der Waals surface area contributed by atoms with Crippen LogP contribution < -0.4 is 0 Å². The Balaban J connectivity index is 1.66. The van der Waals surface area contributed by atoms with Gasteiger partial charge in [0.05, 0.1) is 0 Å². The molecule has 0 amide bonds. The molecule has 0 bridgehead atoms. The number of carbonyl (C=O) groups is 2.